The number of hydrogen-bond acceptors (Lipinski definition) is 9. The average Bonchev–Trinajstić information content (AvgIpc) is 3.22. The molecule has 11 heteroatoms. The summed E-state index contributed by atoms with van der Waals surface area (Å²) in [7, 11) is 0.624. The molecular weight excluding hydrogens is 490 g/mol. The minimum absolute atomic E-state index is 0.232. The molecule has 1 unspecified atom stereocenters. The molecule has 0 radical (unpaired) electrons. The van der Waals surface area contributed by atoms with Crippen molar-refractivity contribution in [1.82, 2.24) is 24.9 Å². The number of hydrogen-bond donors (Lipinski definition) is 3. The number of allylic oxidation sites excluding steroid dienone is 3. The van der Waals surface area contributed by atoms with Crippen LogP contribution in [0, 0.1) is 0 Å². The summed E-state index contributed by atoms with van der Waals surface area (Å²) in [5.74, 6) is 0.874. The standard InChI is InChI=1S/C26H25N7O3S/c1-32-11-7-20(35)24(31-23-13-27-9-10-28-23)25(32)17-6-8-29-26(19(17)15-34)33-14-22-18(12-30-33)16-4-2-3-5-21(16)37(22)36/h6-14,30,34H,2-5,15H2,1H3,(H,28,31). The van der Waals surface area contributed by atoms with Gasteiger partial charge in [-0.25, -0.2) is 19.2 Å². The first-order chi connectivity index (χ1) is 18.1. The fourth-order valence-electron chi connectivity index (χ4n) is 5.07. The van der Waals surface area contributed by atoms with Crippen LogP contribution in [0.5, 0.6) is 0 Å². The van der Waals surface area contributed by atoms with E-state index in [-0.39, 0.29) is 12.0 Å². The van der Waals surface area contributed by atoms with Gasteiger partial charge in [0.25, 0.3) is 0 Å². The van der Waals surface area contributed by atoms with Gasteiger partial charge in [0.15, 0.2) is 5.82 Å². The summed E-state index contributed by atoms with van der Waals surface area (Å²) in [5.41, 5.74) is 7.19. The molecule has 0 saturated carbocycles. The zero-order valence-electron chi connectivity index (χ0n) is 20.1. The van der Waals surface area contributed by atoms with E-state index >= 15 is 0 Å². The van der Waals surface area contributed by atoms with Crippen LogP contribution < -0.4 is 21.2 Å². The van der Waals surface area contributed by atoms with Crippen molar-refractivity contribution in [3.63, 3.8) is 0 Å². The monoisotopic (exact) mass is 515 g/mol. The van der Waals surface area contributed by atoms with Gasteiger partial charge >= 0.3 is 0 Å². The molecule has 188 valence electrons. The van der Waals surface area contributed by atoms with Crippen LogP contribution in [-0.2, 0) is 24.5 Å². The van der Waals surface area contributed by atoms with Gasteiger partial charge in [-0.05, 0) is 37.3 Å². The maximum atomic E-state index is 13.3. The summed E-state index contributed by atoms with van der Waals surface area (Å²) in [6.07, 6.45) is 15.5. The maximum Gasteiger partial charge on any atom is 0.205 e. The van der Waals surface area contributed by atoms with Crippen molar-refractivity contribution < 1.29 is 9.32 Å². The van der Waals surface area contributed by atoms with Crippen molar-refractivity contribution in [2.45, 2.75) is 32.3 Å². The van der Waals surface area contributed by atoms with Gasteiger partial charge in [-0.2, -0.15) is 0 Å². The molecule has 2 aliphatic heterocycles. The summed E-state index contributed by atoms with van der Waals surface area (Å²) in [6, 6.07) is 3.23. The first-order valence-corrected chi connectivity index (χ1v) is 13.2. The lowest BCUT2D eigenvalue weighted by Crippen LogP contribution is -2.34. The molecule has 1 aliphatic carbocycles. The molecule has 6 rings (SSSR count). The number of aliphatic hydroxyl groups excluding tert-OH is 1. The minimum atomic E-state index is -1.20. The van der Waals surface area contributed by atoms with Crippen LogP contribution in [0.4, 0.5) is 17.3 Å². The predicted octanol–water partition coefficient (Wildman–Crippen LogP) is 3.11. The van der Waals surface area contributed by atoms with E-state index in [1.807, 2.05) is 17.8 Å². The summed E-state index contributed by atoms with van der Waals surface area (Å²) in [6.45, 7) is -0.331. The Labute approximate surface area is 215 Å². The number of pyridine rings is 2. The Bertz CT molecular complexity index is 1580. The van der Waals surface area contributed by atoms with Crippen LogP contribution >= 0.6 is 0 Å². The maximum absolute atomic E-state index is 13.3. The number of nitrogens with one attached hydrogen (secondary N) is 2. The molecule has 0 saturated heterocycles. The highest BCUT2D eigenvalue weighted by Crippen LogP contribution is 2.45. The summed E-state index contributed by atoms with van der Waals surface area (Å²) in [4.78, 5) is 27.6. The predicted molar refractivity (Wildman–Crippen MR) is 142 cm³/mol. The zero-order chi connectivity index (χ0) is 25.5. The quantitative estimate of drug-likeness (QED) is 0.470. The largest absolute Gasteiger partial charge is 0.392 e. The third kappa shape index (κ3) is 3.96. The SMILES string of the molecule is Cn1ccc(=O)c(Nc2cnccn2)c1-c1ccnc(N2C=C3C(=CN2)C2=C(CCCC2)S3=O)c1CO. The minimum Gasteiger partial charge on any atom is -0.392 e. The second-order valence-electron chi connectivity index (χ2n) is 8.98. The van der Waals surface area contributed by atoms with Crippen LogP contribution in [0.1, 0.15) is 31.2 Å². The molecule has 0 amide bonds. The molecular formula is C26H25N7O3S. The van der Waals surface area contributed by atoms with E-state index < -0.39 is 10.8 Å². The van der Waals surface area contributed by atoms with E-state index in [2.05, 4.69) is 25.7 Å². The van der Waals surface area contributed by atoms with Crippen molar-refractivity contribution in [3.05, 3.63) is 92.3 Å². The lowest BCUT2D eigenvalue weighted by atomic mass is 9.93. The van der Waals surface area contributed by atoms with Gasteiger partial charge in [0.05, 0.1) is 34.2 Å². The molecule has 0 aromatic carbocycles. The molecule has 10 nitrogen and oxygen atoms in total. The van der Waals surface area contributed by atoms with E-state index in [0.29, 0.717) is 34.1 Å². The highest BCUT2D eigenvalue weighted by Gasteiger charge is 2.35. The van der Waals surface area contributed by atoms with Crippen molar-refractivity contribution >= 4 is 28.1 Å². The smallest absolute Gasteiger partial charge is 0.205 e. The topological polar surface area (TPSA) is 125 Å². The Hall–Kier alpha value is -4.09. The first-order valence-electron chi connectivity index (χ1n) is 12.0. The van der Waals surface area contributed by atoms with Gasteiger partial charge in [0.1, 0.15) is 11.5 Å². The molecule has 3 aromatic rings. The molecule has 3 aliphatic rings. The second kappa shape index (κ2) is 9.41. The molecule has 0 bridgehead atoms. The van der Waals surface area contributed by atoms with Crippen LogP contribution in [0.25, 0.3) is 11.3 Å². The number of aromatic nitrogens is 4. The van der Waals surface area contributed by atoms with Crippen molar-refractivity contribution in [2.75, 3.05) is 10.3 Å². The second-order valence-corrected chi connectivity index (χ2v) is 10.4. The van der Waals surface area contributed by atoms with Gasteiger partial charge in [-0.3, -0.25) is 15.2 Å². The molecule has 1 atom stereocenters. The van der Waals surface area contributed by atoms with Crippen LogP contribution in [0.3, 0.4) is 0 Å². The van der Waals surface area contributed by atoms with E-state index in [1.54, 1.807) is 35.9 Å². The number of nitrogens with zero attached hydrogens (tertiary/aromatic N) is 5. The summed E-state index contributed by atoms with van der Waals surface area (Å²) in [5, 5.41) is 15.3. The Morgan fingerprint density at radius 2 is 2.03 bits per heavy atom. The third-order valence-corrected chi connectivity index (χ3v) is 8.42. The highest BCUT2D eigenvalue weighted by atomic mass is 32.2. The summed E-state index contributed by atoms with van der Waals surface area (Å²) < 4.78 is 15.1. The molecule has 37 heavy (non-hydrogen) atoms. The van der Waals surface area contributed by atoms with Gasteiger partial charge in [-0.1, -0.05) is 0 Å². The third-order valence-electron chi connectivity index (χ3n) is 6.80. The number of aliphatic hydroxyl groups is 1. The van der Waals surface area contributed by atoms with E-state index in [1.165, 1.54) is 24.0 Å². The number of hydrazine groups is 1. The van der Waals surface area contributed by atoms with Crippen LogP contribution in [0.2, 0.25) is 0 Å². The molecule has 5 heterocycles. The van der Waals surface area contributed by atoms with Crippen molar-refractivity contribution in [3.8, 4) is 11.3 Å². The van der Waals surface area contributed by atoms with Crippen LogP contribution in [-0.4, -0.2) is 28.8 Å². The molecule has 0 spiro atoms. The fraction of sp³-hybridized carbons (Fsp3) is 0.231. The molecule has 0 fully saturated rings. The van der Waals surface area contributed by atoms with E-state index in [4.69, 9.17) is 0 Å². The van der Waals surface area contributed by atoms with Crippen molar-refractivity contribution in [1.29, 1.82) is 0 Å². The normalized spacial score (nSPS) is 18.5. The molecule has 3 N–H and O–H groups in total. The number of rotatable bonds is 5. The van der Waals surface area contributed by atoms with Crippen LogP contribution in [0.15, 0.2) is 81.3 Å². The Kier molecular flexibility index (Phi) is 5.93. The van der Waals surface area contributed by atoms with Gasteiger partial charge in [0, 0.05) is 71.9 Å². The van der Waals surface area contributed by atoms with Gasteiger partial charge in [-0.15, -0.1) is 0 Å². The fourth-order valence-corrected chi connectivity index (χ4v) is 6.68. The number of fused-ring (bicyclic) bond motifs is 2. The number of anilines is 3. The zero-order valence-corrected chi connectivity index (χ0v) is 21.0. The van der Waals surface area contributed by atoms with E-state index in [0.717, 1.165) is 41.1 Å². The Balaban J connectivity index is 1.44. The molecule has 3 aromatic heterocycles. The first kappa shape index (κ1) is 23.3. The lowest BCUT2D eigenvalue weighted by Gasteiger charge is -2.27. The lowest BCUT2D eigenvalue weighted by molar-refractivity contribution is 0.282. The summed E-state index contributed by atoms with van der Waals surface area (Å²) >= 11 is 0. The van der Waals surface area contributed by atoms with Gasteiger partial charge < -0.3 is 15.0 Å². The van der Waals surface area contributed by atoms with Crippen molar-refractivity contribution in [2.24, 2.45) is 7.05 Å². The average molecular weight is 516 g/mol. The Morgan fingerprint density at radius 1 is 1.16 bits per heavy atom. The Morgan fingerprint density at radius 3 is 2.84 bits per heavy atom. The number of aryl methyl sites for hydroxylation is 1. The van der Waals surface area contributed by atoms with Gasteiger partial charge in [0.2, 0.25) is 5.43 Å². The highest BCUT2D eigenvalue weighted by molar-refractivity contribution is 7.93. The van der Waals surface area contributed by atoms with E-state index in [9.17, 15) is 14.1 Å².